The molecule has 1 unspecified atom stereocenters. The van der Waals surface area contributed by atoms with Crippen molar-refractivity contribution in [3.8, 4) is 0 Å². The van der Waals surface area contributed by atoms with Crippen LogP contribution in [0, 0.1) is 0 Å². The van der Waals surface area contributed by atoms with Crippen molar-refractivity contribution in [2.24, 2.45) is 0 Å². The lowest BCUT2D eigenvalue weighted by atomic mass is 10.2. The van der Waals surface area contributed by atoms with E-state index >= 15 is 0 Å². The highest BCUT2D eigenvalue weighted by atomic mass is 32.2. The highest BCUT2D eigenvalue weighted by Gasteiger charge is 2.21. The average molecular weight is 293 g/mol. The van der Waals surface area contributed by atoms with E-state index in [1.54, 1.807) is 0 Å². The van der Waals surface area contributed by atoms with E-state index in [4.69, 9.17) is 4.74 Å². The fourth-order valence-electron chi connectivity index (χ4n) is 2.07. The number of hydrogen-bond acceptors (Lipinski definition) is 5. The summed E-state index contributed by atoms with van der Waals surface area (Å²) < 4.78 is 29.9. The Morgan fingerprint density at radius 3 is 2.74 bits per heavy atom. The molecule has 2 N–H and O–H groups in total. The first-order valence-electron chi connectivity index (χ1n) is 6.89. The van der Waals surface area contributed by atoms with Gasteiger partial charge in [-0.15, -0.1) is 0 Å². The van der Waals surface area contributed by atoms with Gasteiger partial charge in [-0.25, -0.2) is 13.1 Å². The molecule has 7 heteroatoms. The first-order chi connectivity index (χ1) is 8.88. The lowest BCUT2D eigenvalue weighted by molar-refractivity contribution is -0.0370. The van der Waals surface area contributed by atoms with E-state index in [2.05, 4.69) is 28.8 Å². The number of sulfonamides is 1. The van der Waals surface area contributed by atoms with Gasteiger partial charge in [0.1, 0.15) is 0 Å². The maximum Gasteiger partial charge on any atom is 0.208 e. The molecule has 0 spiro atoms. The van der Waals surface area contributed by atoms with Gasteiger partial charge in [0.2, 0.25) is 10.0 Å². The van der Waals surface area contributed by atoms with Crippen LogP contribution >= 0.6 is 0 Å². The number of hydrogen-bond donors (Lipinski definition) is 2. The van der Waals surface area contributed by atoms with Gasteiger partial charge in [0.25, 0.3) is 0 Å². The maximum absolute atomic E-state index is 10.9. The van der Waals surface area contributed by atoms with Crippen LogP contribution in [-0.4, -0.2) is 71.0 Å². The monoisotopic (exact) mass is 293 g/mol. The first kappa shape index (κ1) is 16.8. The van der Waals surface area contributed by atoms with Gasteiger partial charge in [0.05, 0.1) is 19.0 Å². The van der Waals surface area contributed by atoms with Crippen LogP contribution < -0.4 is 10.0 Å². The summed E-state index contributed by atoms with van der Waals surface area (Å²) in [5.74, 6) is 0. The van der Waals surface area contributed by atoms with Crippen LogP contribution in [0.2, 0.25) is 0 Å². The predicted octanol–water partition coefficient (Wildman–Crippen LogP) is -0.375. The Kier molecular flexibility index (Phi) is 7.23. The number of nitrogens with one attached hydrogen (secondary N) is 2. The molecule has 1 atom stereocenters. The Balaban J connectivity index is 2.06. The molecule has 1 aliphatic heterocycles. The van der Waals surface area contributed by atoms with E-state index in [0.29, 0.717) is 12.6 Å². The van der Waals surface area contributed by atoms with E-state index in [0.717, 1.165) is 39.2 Å². The quantitative estimate of drug-likeness (QED) is 0.597. The van der Waals surface area contributed by atoms with E-state index in [-0.39, 0.29) is 6.10 Å². The van der Waals surface area contributed by atoms with Crippen molar-refractivity contribution in [2.45, 2.75) is 32.4 Å². The van der Waals surface area contributed by atoms with Gasteiger partial charge in [-0.2, -0.15) is 0 Å². The fourth-order valence-corrected chi connectivity index (χ4v) is 2.58. The number of ether oxygens (including phenoxy) is 1. The average Bonchev–Trinajstić information content (AvgIpc) is 2.32. The summed E-state index contributed by atoms with van der Waals surface area (Å²) in [7, 11) is -3.06. The van der Waals surface area contributed by atoms with Crippen LogP contribution in [0.1, 0.15) is 20.3 Å². The summed E-state index contributed by atoms with van der Waals surface area (Å²) in [6.45, 7) is 9.26. The zero-order chi connectivity index (χ0) is 14.3. The second-order valence-corrected chi connectivity index (χ2v) is 7.14. The zero-order valence-electron chi connectivity index (χ0n) is 12.2. The van der Waals surface area contributed by atoms with Crippen molar-refractivity contribution in [2.75, 3.05) is 45.6 Å². The number of nitrogens with zero attached hydrogens (tertiary/aromatic N) is 1. The van der Waals surface area contributed by atoms with Crippen LogP contribution in [0.15, 0.2) is 0 Å². The van der Waals surface area contributed by atoms with E-state index in [9.17, 15) is 8.42 Å². The van der Waals surface area contributed by atoms with Gasteiger partial charge in [0.15, 0.2) is 0 Å². The summed E-state index contributed by atoms with van der Waals surface area (Å²) in [6, 6.07) is 0.561. The molecule has 1 heterocycles. The van der Waals surface area contributed by atoms with Gasteiger partial charge in [-0.3, -0.25) is 4.90 Å². The third-order valence-electron chi connectivity index (χ3n) is 3.17. The Bertz CT molecular complexity index is 346. The van der Waals surface area contributed by atoms with Gasteiger partial charge >= 0.3 is 0 Å². The minimum atomic E-state index is -3.06. The summed E-state index contributed by atoms with van der Waals surface area (Å²) >= 11 is 0. The molecule has 1 fully saturated rings. The van der Waals surface area contributed by atoms with Crippen molar-refractivity contribution in [1.82, 2.24) is 14.9 Å². The van der Waals surface area contributed by atoms with E-state index in [1.807, 2.05) is 0 Å². The Hall–Kier alpha value is -0.210. The summed E-state index contributed by atoms with van der Waals surface area (Å²) in [5.41, 5.74) is 0. The molecule has 0 aliphatic carbocycles. The number of rotatable bonds is 8. The van der Waals surface area contributed by atoms with Crippen LogP contribution in [-0.2, 0) is 14.8 Å². The zero-order valence-corrected chi connectivity index (χ0v) is 13.0. The van der Waals surface area contributed by atoms with E-state index < -0.39 is 10.0 Å². The molecule has 114 valence electrons. The topological polar surface area (TPSA) is 70.7 Å². The standard InChI is InChI=1S/C12H27N3O3S/c1-11(2)15-7-8-18-12(10-15)9-13-5-4-6-14-19(3,16)17/h11-14H,4-10H2,1-3H3. The molecule has 0 aromatic rings. The second kappa shape index (κ2) is 8.16. The first-order valence-corrected chi connectivity index (χ1v) is 8.78. The molecular weight excluding hydrogens is 266 g/mol. The second-order valence-electron chi connectivity index (χ2n) is 5.31. The number of morpholine rings is 1. The molecule has 1 saturated heterocycles. The smallest absolute Gasteiger partial charge is 0.208 e. The largest absolute Gasteiger partial charge is 0.374 e. The van der Waals surface area contributed by atoms with Crippen molar-refractivity contribution in [1.29, 1.82) is 0 Å². The Morgan fingerprint density at radius 2 is 2.11 bits per heavy atom. The SMILES string of the molecule is CC(C)N1CCOC(CNCCCNS(C)(=O)=O)C1. The molecule has 1 aliphatic rings. The normalized spacial score (nSPS) is 22.0. The molecule has 0 bridgehead atoms. The van der Waals surface area contributed by atoms with Crippen LogP contribution in [0.5, 0.6) is 0 Å². The molecule has 1 rings (SSSR count). The van der Waals surface area contributed by atoms with Crippen LogP contribution in [0.4, 0.5) is 0 Å². The van der Waals surface area contributed by atoms with Crippen molar-refractivity contribution in [3.63, 3.8) is 0 Å². The van der Waals surface area contributed by atoms with Crippen LogP contribution in [0.3, 0.4) is 0 Å². The molecule has 19 heavy (non-hydrogen) atoms. The molecule has 6 nitrogen and oxygen atoms in total. The van der Waals surface area contributed by atoms with Gasteiger partial charge in [0, 0.05) is 32.2 Å². The van der Waals surface area contributed by atoms with Gasteiger partial charge in [-0.05, 0) is 26.8 Å². The minimum Gasteiger partial charge on any atom is -0.374 e. The lowest BCUT2D eigenvalue weighted by Crippen LogP contribution is -2.49. The van der Waals surface area contributed by atoms with Crippen molar-refractivity contribution >= 4 is 10.0 Å². The van der Waals surface area contributed by atoms with Gasteiger partial charge in [-0.1, -0.05) is 0 Å². The Morgan fingerprint density at radius 1 is 1.37 bits per heavy atom. The molecule has 0 amide bonds. The summed E-state index contributed by atoms with van der Waals surface area (Å²) in [5, 5.41) is 3.31. The fraction of sp³-hybridized carbons (Fsp3) is 1.00. The van der Waals surface area contributed by atoms with E-state index in [1.165, 1.54) is 6.26 Å². The highest BCUT2D eigenvalue weighted by molar-refractivity contribution is 7.88. The Labute approximate surface area is 116 Å². The summed E-state index contributed by atoms with van der Waals surface area (Å²) in [4.78, 5) is 2.42. The molecule has 0 aromatic heterocycles. The molecule has 0 saturated carbocycles. The highest BCUT2D eigenvalue weighted by Crippen LogP contribution is 2.07. The maximum atomic E-state index is 10.9. The minimum absolute atomic E-state index is 0.235. The summed E-state index contributed by atoms with van der Waals surface area (Å²) in [6.07, 6.45) is 2.20. The van der Waals surface area contributed by atoms with Crippen molar-refractivity contribution < 1.29 is 13.2 Å². The van der Waals surface area contributed by atoms with Crippen LogP contribution in [0.25, 0.3) is 0 Å². The van der Waals surface area contributed by atoms with Gasteiger partial charge < -0.3 is 10.1 Å². The third kappa shape index (κ3) is 7.84. The molecule has 0 aromatic carbocycles. The molecular formula is C12H27N3O3S. The lowest BCUT2D eigenvalue weighted by Gasteiger charge is -2.35. The third-order valence-corrected chi connectivity index (χ3v) is 3.90. The van der Waals surface area contributed by atoms with Crippen molar-refractivity contribution in [3.05, 3.63) is 0 Å². The predicted molar refractivity (Wildman–Crippen MR) is 76.8 cm³/mol. The molecule has 0 radical (unpaired) electrons.